The third-order valence-corrected chi connectivity index (χ3v) is 10.0. The molecule has 0 saturated carbocycles. The maximum absolute atomic E-state index is 13.0. The molecule has 298 valence electrons. The molecule has 1 aliphatic heterocycles. The molecule has 0 amide bonds. The Labute approximate surface area is 339 Å². The fraction of sp³-hybridized carbons (Fsp3) is 0.245. The molecule has 0 aromatic heterocycles. The van der Waals surface area contributed by atoms with Gasteiger partial charge < -0.3 is 38.6 Å². The first-order valence-corrected chi connectivity index (χ1v) is 19.4. The van der Waals surface area contributed by atoms with Gasteiger partial charge in [-0.1, -0.05) is 152 Å². The number of benzene rings is 6. The topological polar surface area (TPSA) is 113 Å². The van der Waals surface area contributed by atoms with Crippen LogP contribution in [-0.4, -0.2) is 47.0 Å². The molecule has 58 heavy (non-hydrogen) atoms. The zero-order valence-electron chi connectivity index (χ0n) is 32.4. The lowest BCUT2D eigenvalue weighted by molar-refractivity contribution is -0.275. The van der Waals surface area contributed by atoms with E-state index < -0.39 is 47.8 Å². The maximum atomic E-state index is 13.0. The Kier molecular flexibility index (Phi) is 14.0. The Morgan fingerprint density at radius 2 is 0.966 bits per heavy atom. The fourth-order valence-electron chi connectivity index (χ4n) is 7.15. The first kappa shape index (κ1) is 40.4. The van der Waals surface area contributed by atoms with E-state index in [2.05, 4.69) is 0 Å². The minimum atomic E-state index is -1.10. The molecular formula is C49H48O9. The molecule has 9 heteroatoms. The summed E-state index contributed by atoms with van der Waals surface area (Å²) in [7, 11) is 0. The number of aromatic hydroxyl groups is 2. The van der Waals surface area contributed by atoms with Crippen LogP contribution < -0.4 is 4.74 Å². The highest BCUT2D eigenvalue weighted by Crippen LogP contribution is 2.48. The highest BCUT2D eigenvalue weighted by atomic mass is 16.6. The van der Waals surface area contributed by atoms with Crippen molar-refractivity contribution < 1.29 is 43.4 Å². The quantitative estimate of drug-likeness (QED) is 0.0825. The van der Waals surface area contributed by atoms with Crippen LogP contribution in [-0.2, 0) is 56.7 Å². The molecule has 6 aromatic rings. The second-order valence-corrected chi connectivity index (χ2v) is 14.2. The van der Waals surface area contributed by atoms with Gasteiger partial charge in [-0.3, -0.25) is 4.79 Å². The van der Waals surface area contributed by atoms with Gasteiger partial charge in [0.25, 0.3) is 0 Å². The van der Waals surface area contributed by atoms with Crippen molar-refractivity contribution in [2.75, 3.05) is 6.61 Å². The zero-order chi connectivity index (χ0) is 40.1. The van der Waals surface area contributed by atoms with Gasteiger partial charge in [0.1, 0.15) is 59.9 Å². The summed E-state index contributed by atoms with van der Waals surface area (Å²) >= 11 is 0. The average Bonchev–Trinajstić information content (AvgIpc) is 3.25. The maximum Gasteiger partial charge on any atom is 0.167 e. The number of phenolic OH excluding ortho intramolecular Hbond substituents is 2. The predicted octanol–water partition coefficient (Wildman–Crippen LogP) is 9.29. The Morgan fingerprint density at radius 1 is 0.552 bits per heavy atom. The number of ether oxygens (including phenoxy) is 6. The molecular weight excluding hydrogens is 733 g/mol. The van der Waals surface area contributed by atoms with Crippen LogP contribution in [0.2, 0.25) is 0 Å². The summed E-state index contributed by atoms with van der Waals surface area (Å²) in [5, 5.41) is 23.2. The second kappa shape index (κ2) is 20.1. The van der Waals surface area contributed by atoms with E-state index >= 15 is 0 Å². The van der Waals surface area contributed by atoms with Crippen molar-refractivity contribution >= 4 is 5.78 Å². The zero-order valence-corrected chi connectivity index (χ0v) is 32.4. The summed E-state index contributed by atoms with van der Waals surface area (Å²) in [6, 6.07) is 50.1. The van der Waals surface area contributed by atoms with Crippen LogP contribution in [0.4, 0.5) is 0 Å². The normalized spacial score (nSPS) is 19.1. The predicted molar refractivity (Wildman–Crippen MR) is 219 cm³/mol. The lowest BCUT2D eigenvalue weighted by atomic mass is 9.88. The standard InChI is InChI=1S/C49H48O9/c1-34(50)43-40(51)27-41(54-29-36-19-9-3-10-20-36)44(45(43)52)47-49(57-32-39-25-15-6-16-26-39)48(56-31-38-23-13-5-14-24-38)46(55-30-37-21-11-4-12-22-37)42(58-47)33-53-28-35-17-7-2-8-18-35/h2-27,42,46-49,51-52H,28-33H2,1H3/t42-,46-,47+,48+,49+/m1/s1. The Morgan fingerprint density at radius 3 is 1.43 bits per heavy atom. The minimum absolute atomic E-state index is 0.0834. The van der Waals surface area contributed by atoms with Crippen molar-refractivity contribution in [3.8, 4) is 17.2 Å². The van der Waals surface area contributed by atoms with Crippen LogP contribution >= 0.6 is 0 Å². The number of rotatable bonds is 18. The lowest BCUT2D eigenvalue weighted by Crippen LogP contribution is -2.58. The van der Waals surface area contributed by atoms with E-state index in [9.17, 15) is 15.0 Å². The molecule has 9 nitrogen and oxygen atoms in total. The third kappa shape index (κ3) is 10.4. The number of hydrogen-bond acceptors (Lipinski definition) is 9. The average molecular weight is 781 g/mol. The summed E-state index contributed by atoms with van der Waals surface area (Å²) in [6.45, 7) is 2.41. The number of carbonyl (C=O) groups excluding carboxylic acids is 1. The van der Waals surface area contributed by atoms with E-state index in [1.54, 1.807) is 0 Å². The number of Topliss-reactive ketones (excluding diaryl/α,β-unsaturated/α-hetero) is 1. The van der Waals surface area contributed by atoms with Gasteiger partial charge in [0.15, 0.2) is 5.78 Å². The Bertz CT molecular complexity index is 2170. The highest BCUT2D eigenvalue weighted by molar-refractivity contribution is 6.00. The number of carbonyl (C=O) groups is 1. The number of ketones is 1. The van der Waals surface area contributed by atoms with Crippen molar-refractivity contribution in [1.29, 1.82) is 0 Å². The van der Waals surface area contributed by atoms with E-state index in [1.807, 2.05) is 152 Å². The van der Waals surface area contributed by atoms with Gasteiger partial charge in [0, 0.05) is 6.07 Å². The van der Waals surface area contributed by atoms with Gasteiger partial charge in [-0.05, 0) is 34.7 Å². The van der Waals surface area contributed by atoms with E-state index in [1.165, 1.54) is 13.0 Å². The van der Waals surface area contributed by atoms with E-state index in [4.69, 9.17) is 28.4 Å². The fourth-order valence-corrected chi connectivity index (χ4v) is 7.15. The van der Waals surface area contributed by atoms with Crippen LogP contribution in [0.1, 0.15) is 56.8 Å². The van der Waals surface area contributed by atoms with Crippen LogP contribution in [0.5, 0.6) is 17.2 Å². The molecule has 0 radical (unpaired) electrons. The van der Waals surface area contributed by atoms with Crippen molar-refractivity contribution in [3.05, 3.63) is 197 Å². The van der Waals surface area contributed by atoms with Crippen LogP contribution in [0.3, 0.4) is 0 Å². The number of phenols is 2. The Hall–Kier alpha value is -5.81. The van der Waals surface area contributed by atoms with Gasteiger partial charge in [-0.25, -0.2) is 0 Å². The molecule has 7 rings (SSSR count). The molecule has 0 unspecified atom stereocenters. The van der Waals surface area contributed by atoms with Crippen molar-refractivity contribution in [3.63, 3.8) is 0 Å². The summed E-state index contributed by atoms with van der Waals surface area (Å²) in [6.07, 6.45) is -4.37. The molecule has 2 N–H and O–H groups in total. The molecule has 5 atom stereocenters. The van der Waals surface area contributed by atoms with Crippen molar-refractivity contribution in [2.24, 2.45) is 0 Å². The minimum Gasteiger partial charge on any atom is -0.507 e. The van der Waals surface area contributed by atoms with Gasteiger partial charge in [0.05, 0.1) is 38.6 Å². The van der Waals surface area contributed by atoms with Crippen LogP contribution in [0.25, 0.3) is 0 Å². The lowest BCUT2D eigenvalue weighted by Gasteiger charge is -2.46. The molecule has 0 aliphatic carbocycles. The smallest absolute Gasteiger partial charge is 0.167 e. The summed E-state index contributed by atoms with van der Waals surface area (Å²) in [5.74, 6) is -1.30. The van der Waals surface area contributed by atoms with Crippen molar-refractivity contribution in [1.82, 2.24) is 0 Å². The first-order valence-electron chi connectivity index (χ1n) is 19.4. The SMILES string of the molecule is CC(=O)c1c(O)cc(OCc2ccccc2)c([C@@H]2O[C@H](COCc3ccccc3)[C@@H](OCc3ccccc3)[C@H](OCc3ccccc3)[C@H]2OCc2ccccc2)c1O. The van der Waals surface area contributed by atoms with Gasteiger partial charge in [-0.2, -0.15) is 0 Å². The summed E-state index contributed by atoms with van der Waals surface area (Å²) in [5.41, 5.74) is 4.51. The van der Waals surface area contributed by atoms with Gasteiger partial charge in [-0.15, -0.1) is 0 Å². The molecule has 1 saturated heterocycles. The van der Waals surface area contributed by atoms with Crippen molar-refractivity contribution in [2.45, 2.75) is 70.5 Å². The van der Waals surface area contributed by atoms with Gasteiger partial charge >= 0.3 is 0 Å². The highest BCUT2D eigenvalue weighted by Gasteiger charge is 2.51. The number of hydrogen-bond donors (Lipinski definition) is 2. The molecule has 0 bridgehead atoms. The molecule has 1 aliphatic rings. The molecule has 6 aromatic carbocycles. The Balaban J connectivity index is 1.34. The molecule has 1 heterocycles. The largest absolute Gasteiger partial charge is 0.507 e. The monoisotopic (exact) mass is 780 g/mol. The van der Waals surface area contributed by atoms with Gasteiger partial charge in [0.2, 0.25) is 0 Å². The summed E-state index contributed by atoms with van der Waals surface area (Å²) < 4.78 is 40.4. The first-order chi connectivity index (χ1) is 28.4. The van der Waals surface area contributed by atoms with E-state index in [0.717, 1.165) is 27.8 Å². The van der Waals surface area contributed by atoms with E-state index in [-0.39, 0.29) is 49.9 Å². The van der Waals surface area contributed by atoms with Crippen LogP contribution in [0.15, 0.2) is 158 Å². The third-order valence-electron chi connectivity index (χ3n) is 10.0. The molecule has 0 spiro atoms. The van der Waals surface area contributed by atoms with E-state index in [0.29, 0.717) is 6.61 Å². The summed E-state index contributed by atoms with van der Waals surface area (Å²) in [4.78, 5) is 13.0. The molecule has 1 fully saturated rings. The van der Waals surface area contributed by atoms with Crippen LogP contribution in [0, 0.1) is 0 Å². The second-order valence-electron chi connectivity index (χ2n) is 14.2.